The van der Waals surface area contributed by atoms with Gasteiger partial charge in [-0.3, -0.25) is 37.3 Å². The van der Waals surface area contributed by atoms with E-state index in [4.69, 9.17) is 37.0 Å². The summed E-state index contributed by atoms with van der Waals surface area (Å²) in [6.07, 6.45) is 80.6. The van der Waals surface area contributed by atoms with E-state index < -0.39 is 97.5 Å². The molecule has 0 amide bonds. The number of aliphatic hydroxyl groups excluding tert-OH is 1. The highest BCUT2D eigenvalue weighted by atomic mass is 31.2. The van der Waals surface area contributed by atoms with Crippen molar-refractivity contribution in [1.29, 1.82) is 0 Å². The van der Waals surface area contributed by atoms with Gasteiger partial charge in [0.2, 0.25) is 0 Å². The SMILES string of the molecule is CC/C=C\C/C=C\C/C=C\CCCCCCCC(=O)OC(COC(=O)CCCCCCCC/C=C\C/C=C\C/C=C\CCCCC)COP(=O)(O)OCC(O)COP(=O)(O)OCC(COC(=O)CCCCCCC/C=C\CCCCCCCC)OC(=O)CCCCCCC/C=C\C/C=C\CCC. The second-order valence-corrected chi connectivity index (χ2v) is 29.5. The fourth-order valence-corrected chi connectivity index (χ4v) is 12.1. The molecule has 0 aliphatic rings. The number of aliphatic hydroxyl groups is 1. The molecule has 0 saturated carbocycles. The minimum absolute atomic E-state index is 0.0709. The van der Waals surface area contributed by atoms with Gasteiger partial charge in [-0.25, -0.2) is 9.13 Å². The molecule has 5 atom stereocenters. The lowest BCUT2D eigenvalue weighted by Gasteiger charge is -2.21. The average Bonchev–Trinajstić information content (AvgIpc) is 0.907. The van der Waals surface area contributed by atoms with Crippen LogP contribution in [-0.4, -0.2) is 96.7 Å². The quantitative estimate of drug-likeness (QED) is 0.0169. The molecule has 17 nitrogen and oxygen atoms in total. The molecule has 5 unspecified atom stereocenters. The second-order valence-electron chi connectivity index (χ2n) is 26.6. The predicted molar refractivity (Wildman–Crippen MR) is 418 cm³/mol. The van der Waals surface area contributed by atoms with Crippen molar-refractivity contribution in [1.82, 2.24) is 0 Å². The molecule has 102 heavy (non-hydrogen) atoms. The van der Waals surface area contributed by atoms with Crippen LogP contribution in [0.5, 0.6) is 0 Å². The number of unbranched alkanes of at least 4 members (excludes halogenated alkanes) is 31. The van der Waals surface area contributed by atoms with E-state index in [1.54, 1.807) is 0 Å². The Hall–Kier alpha value is -4.28. The minimum atomic E-state index is -4.99. The average molecular weight is 1480 g/mol. The van der Waals surface area contributed by atoms with Crippen molar-refractivity contribution in [2.24, 2.45) is 0 Å². The van der Waals surface area contributed by atoms with Crippen molar-refractivity contribution in [3.05, 3.63) is 109 Å². The smallest absolute Gasteiger partial charge is 0.462 e. The van der Waals surface area contributed by atoms with E-state index in [0.717, 1.165) is 199 Å². The van der Waals surface area contributed by atoms with Gasteiger partial charge in [0.25, 0.3) is 0 Å². The maximum absolute atomic E-state index is 13.1. The lowest BCUT2D eigenvalue weighted by Crippen LogP contribution is -2.30. The van der Waals surface area contributed by atoms with Gasteiger partial charge < -0.3 is 33.8 Å². The first-order chi connectivity index (χ1) is 49.7. The van der Waals surface area contributed by atoms with Gasteiger partial charge in [0.15, 0.2) is 12.2 Å². The maximum atomic E-state index is 13.1. The molecule has 588 valence electrons. The molecule has 0 aromatic carbocycles. The van der Waals surface area contributed by atoms with E-state index in [-0.39, 0.29) is 25.7 Å². The van der Waals surface area contributed by atoms with Gasteiger partial charge in [-0.05, 0) is 148 Å². The number of hydrogen-bond donors (Lipinski definition) is 3. The van der Waals surface area contributed by atoms with Gasteiger partial charge in [0, 0.05) is 25.7 Å². The molecular formula is C83H144O17P2. The molecule has 0 fully saturated rings. The second kappa shape index (κ2) is 75.0. The highest BCUT2D eigenvalue weighted by Crippen LogP contribution is 2.45. The molecule has 19 heteroatoms. The molecule has 0 saturated heterocycles. The van der Waals surface area contributed by atoms with Crippen molar-refractivity contribution >= 4 is 39.5 Å². The third kappa shape index (κ3) is 74.0. The number of phosphoric ester groups is 2. The van der Waals surface area contributed by atoms with Crippen LogP contribution in [0.1, 0.15) is 336 Å². The van der Waals surface area contributed by atoms with Crippen LogP contribution in [0.15, 0.2) is 109 Å². The Morgan fingerprint density at radius 2 is 0.529 bits per heavy atom. The Bertz CT molecular complexity index is 2360. The van der Waals surface area contributed by atoms with Gasteiger partial charge in [0.05, 0.1) is 26.4 Å². The number of phosphoric acid groups is 2. The molecular weight excluding hydrogens is 1330 g/mol. The van der Waals surface area contributed by atoms with E-state index in [1.165, 1.54) is 57.8 Å². The summed E-state index contributed by atoms with van der Waals surface area (Å²) in [6.45, 7) is 4.63. The van der Waals surface area contributed by atoms with Crippen molar-refractivity contribution in [3.8, 4) is 0 Å². The summed E-state index contributed by atoms with van der Waals surface area (Å²) in [6, 6.07) is 0. The Morgan fingerprint density at radius 1 is 0.284 bits per heavy atom. The molecule has 0 spiro atoms. The molecule has 3 N–H and O–H groups in total. The summed E-state index contributed by atoms with van der Waals surface area (Å²) in [4.78, 5) is 73.0. The summed E-state index contributed by atoms with van der Waals surface area (Å²) in [5, 5.41) is 10.6. The van der Waals surface area contributed by atoms with Crippen molar-refractivity contribution < 1.29 is 80.2 Å². The Labute approximate surface area is 619 Å². The third-order valence-electron chi connectivity index (χ3n) is 16.7. The fourth-order valence-electron chi connectivity index (χ4n) is 10.6. The number of carbonyl (C=O) groups excluding carboxylic acids is 4. The lowest BCUT2D eigenvalue weighted by molar-refractivity contribution is -0.161. The zero-order valence-electron chi connectivity index (χ0n) is 64.3. The Balaban J connectivity index is 5.37. The molecule has 0 aliphatic heterocycles. The maximum Gasteiger partial charge on any atom is 0.472 e. The first-order valence-electron chi connectivity index (χ1n) is 40.1. The molecule has 0 heterocycles. The number of esters is 4. The van der Waals surface area contributed by atoms with Gasteiger partial charge >= 0.3 is 39.5 Å². The lowest BCUT2D eigenvalue weighted by atomic mass is 10.1. The summed E-state index contributed by atoms with van der Waals surface area (Å²) in [5.74, 6) is -2.22. The fraction of sp³-hybridized carbons (Fsp3) is 0.735. The van der Waals surface area contributed by atoms with Crippen LogP contribution in [0.2, 0.25) is 0 Å². The number of hydrogen-bond acceptors (Lipinski definition) is 15. The van der Waals surface area contributed by atoms with Crippen LogP contribution in [0.25, 0.3) is 0 Å². The minimum Gasteiger partial charge on any atom is -0.462 e. The summed E-state index contributed by atoms with van der Waals surface area (Å²) in [5.41, 5.74) is 0. The normalized spacial score (nSPS) is 14.5. The standard InChI is InChI=1S/C83H144O17P2/c1-5-9-13-17-21-25-29-33-36-37-38-39-42-45-48-52-56-60-64-68-81(86)94-74-79(100-83(88)70-66-62-58-54-50-46-41-35-31-27-23-19-15-11-7-3)76-98-102(91,92)96-72-77(84)71-95-101(89,90)97-75-78(99-82(87)69-65-61-57-53-49-43-32-28-24-20-16-12-8-4)73-93-80(85)67-63-59-55-51-47-44-40-34-30-26-22-18-14-10-6-2/h11,15-16,20-21,23,25,27-28,32-36,38-41,77-79,84H,5-10,12-14,17-19,22,24,26,29-31,37,42-76H2,1-4H3,(H,89,90)(H,91,92)/b15-11-,20-16-,25-21-,27-23-,32-28-,36-33-,39-38-,40-34-,41-35-. The van der Waals surface area contributed by atoms with Gasteiger partial charge in [-0.15, -0.1) is 0 Å². The van der Waals surface area contributed by atoms with Crippen molar-refractivity contribution in [3.63, 3.8) is 0 Å². The number of rotatable bonds is 75. The first kappa shape index (κ1) is 97.7. The molecule has 0 bridgehead atoms. The summed E-state index contributed by atoms with van der Waals surface area (Å²) in [7, 11) is -9.97. The third-order valence-corrected chi connectivity index (χ3v) is 18.6. The first-order valence-corrected chi connectivity index (χ1v) is 43.1. The number of ether oxygens (including phenoxy) is 4. The van der Waals surface area contributed by atoms with E-state index >= 15 is 0 Å². The van der Waals surface area contributed by atoms with E-state index in [2.05, 4.69) is 137 Å². The summed E-state index contributed by atoms with van der Waals surface area (Å²) < 4.78 is 68.6. The monoisotopic (exact) mass is 1470 g/mol. The zero-order chi connectivity index (χ0) is 74.6. The molecule has 0 radical (unpaired) electrons. The molecule has 0 aliphatic carbocycles. The van der Waals surface area contributed by atoms with Gasteiger partial charge in [-0.2, -0.15) is 0 Å². The van der Waals surface area contributed by atoms with Crippen LogP contribution in [0.3, 0.4) is 0 Å². The van der Waals surface area contributed by atoms with Crippen LogP contribution >= 0.6 is 15.6 Å². The number of allylic oxidation sites excluding steroid dienone is 18. The largest absolute Gasteiger partial charge is 0.472 e. The van der Waals surface area contributed by atoms with E-state index in [9.17, 15) is 43.2 Å². The summed E-state index contributed by atoms with van der Waals surface area (Å²) >= 11 is 0. The van der Waals surface area contributed by atoms with Gasteiger partial charge in [-0.1, -0.05) is 272 Å². The number of carbonyl (C=O) groups is 4. The predicted octanol–water partition coefficient (Wildman–Crippen LogP) is 23.3. The molecule has 0 rings (SSSR count). The van der Waals surface area contributed by atoms with Crippen molar-refractivity contribution in [2.45, 2.75) is 354 Å². The zero-order valence-corrected chi connectivity index (χ0v) is 66.0. The van der Waals surface area contributed by atoms with Crippen LogP contribution < -0.4 is 0 Å². The highest BCUT2D eigenvalue weighted by Gasteiger charge is 2.30. The highest BCUT2D eigenvalue weighted by molar-refractivity contribution is 7.47. The Kier molecular flexibility index (Phi) is 71.8. The van der Waals surface area contributed by atoms with E-state index in [0.29, 0.717) is 25.7 Å². The Morgan fingerprint density at radius 3 is 0.853 bits per heavy atom. The molecule has 0 aromatic rings. The van der Waals surface area contributed by atoms with Crippen LogP contribution in [0.4, 0.5) is 0 Å². The van der Waals surface area contributed by atoms with Crippen LogP contribution in [0, 0.1) is 0 Å². The molecule has 0 aromatic heterocycles. The van der Waals surface area contributed by atoms with E-state index in [1.807, 2.05) is 0 Å². The van der Waals surface area contributed by atoms with Crippen LogP contribution in [-0.2, 0) is 65.4 Å². The van der Waals surface area contributed by atoms with Gasteiger partial charge in [0.1, 0.15) is 19.3 Å². The van der Waals surface area contributed by atoms with Crippen molar-refractivity contribution in [2.75, 3.05) is 39.6 Å². The topological polar surface area (TPSA) is 237 Å².